The van der Waals surface area contributed by atoms with E-state index in [1.54, 1.807) is 11.9 Å². The largest absolute Gasteiger partial charge is 0.341 e. The number of nitrogens with zero attached hydrogens (tertiary/aromatic N) is 6. The van der Waals surface area contributed by atoms with Crippen molar-refractivity contribution in [2.24, 2.45) is 13.0 Å². The molecular formula is C30H48N8O3S. The molecule has 1 aromatic heterocycles. The molecule has 0 aliphatic carbocycles. The monoisotopic (exact) mass is 600 g/mol. The van der Waals surface area contributed by atoms with E-state index in [4.69, 9.17) is 0 Å². The fourth-order valence-corrected chi connectivity index (χ4v) is 8.40. The molecule has 11 nitrogen and oxygen atoms in total. The van der Waals surface area contributed by atoms with Gasteiger partial charge in [0.25, 0.3) is 0 Å². The van der Waals surface area contributed by atoms with E-state index in [9.17, 15) is 13.8 Å². The van der Waals surface area contributed by atoms with Crippen molar-refractivity contribution in [1.82, 2.24) is 33.9 Å². The Hall–Kier alpha value is -2.38. The van der Waals surface area contributed by atoms with E-state index in [-0.39, 0.29) is 12.5 Å². The number of nitrogens with one attached hydrogen (secondary N) is 2. The van der Waals surface area contributed by atoms with E-state index in [1.165, 1.54) is 12.0 Å². The standard InChI is InChI=1S/C30H48N8O3S/c1-31-26-11-17-36(18-12-26)42(41)37-13-4-6-23(22-37)21-35-15-9-24(10-16-35)25-7-8-27-28(20-25)34(3)33-29(27)38(14-5-19-39)30(40)32-2/h7-8,19-20,23-24,26,31H,4-6,9-18,21-22H2,1-3H3,(H,32,40). The van der Waals surface area contributed by atoms with Gasteiger partial charge in [-0.2, -0.15) is 5.10 Å². The Morgan fingerprint density at radius 1 is 1.07 bits per heavy atom. The molecule has 42 heavy (non-hydrogen) atoms. The summed E-state index contributed by atoms with van der Waals surface area (Å²) in [5.74, 6) is 1.64. The van der Waals surface area contributed by atoms with Crippen molar-refractivity contribution in [3.05, 3.63) is 23.8 Å². The maximum atomic E-state index is 13.3. The second-order valence-electron chi connectivity index (χ2n) is 12.1. The van der Waals surface area contributed by atoms with Crippen molar-refractivity contribution in [3.8, 4) is 0 Å². The van der Waals surface area contributed by atoms with Crippen LogP contribution in [-0.4, -0.2) is 112 Å². The number of rotatable bonds is 10. The van der Waals surface area contributed by atoms with E-state index in [1.807, 2.05) is 18.8 Å². The fourth-order valence-electron chi connectivity index (χ4n) is 6.92. The van der Waals surface area contributed by atoms with Gasteiger partial charge in [-0.1, -0.05) is 6.07 Å². The van der Waals surface area contributed by atoms with Crippen molar-refractivity contribution >= 4 is 40.2 Å². The summed E-state index contributed by atoms with van der Waals surface area (Å²) in [6.07, 6.45) is 7.79. The second-order valence-corrected chi connectivity index (χ2v) is 13.6. The van der Waals surface area contributed by atoms with Crippen molar-refractivity contribution < 1.29 is 13.8 Å². The van der Waals surface area contributed by atoms with Crippen LogP contribution in [0.2, 0.25) is 0 Å². The zero-order valence-corrected chi connectivity index (χ0v) is 26.3. The topological polar surface area (TPSA) is 106 Å². The number of aldehydes is 1. The molecule has 0 saturated carbocycles. The molecule has 2 amide bonds. The molecule has 2 aromatic rings. The van der Waals surface area contributed by atoms with Gasteiger partial charge in [-0.25, -0.2) is 17.6 Å². The zero-order chi connectivity index (χ0) is 29.6. The lowest BCUT2D eigenvalue weighted by Crippen LogP contribution is -2.50. The lowest BCUT2D eigenvalue weighted by molar-refractivity contribution is -0.107. The van der Waals surface area contributed by atoms with Gasteiger partial charge in [-0.05, 0) is 88.2 Å². The Bertz CT molecular complexity index is 1240. The molecule has 0 radical (unpaired) electrons. The number of hydrogen-bond donors (Lipinski definition) is 2. The summed E-state index contributed by atoms with van der Waals surface area (Å²) >= 11 is -1.02. The minimum atomic E-state index is -1.02. The summed E-state index contributed by atoms with van der Waals surface area (Å²) in [6, 6.07) is 6.77. The summed E-state index contributed by atoms with van der Waals surface area (Å²) < 4.78 is 19.6. The van der Waals surface area contributed by atoms with Gasteiger partial charge < -0.3 is 20.3 Å². The molecule has 3 aliphatic heterocycles. The predicted octanol–water partition coefficient (Wildman–Crippen LogP) is 2.46. The van der Waals surface area contributed by atoms with Gasteiger partial charge in [0, 0.05) is 71.2 Å². The smallest absolute Gasteiger partial charge is 0.322 e. The minimum Gasteiger partial charge on any atom is -0.341 e. The Morgan fingerprint density at radius 2 is 1.83 bits per heavy atom. The molecule has 3 aliphatic rings. The van der Waals surface area contributed by atoms with Crippen LogP contribution in [-0.2, 0) is 23.0 Å². The Kier molecular flexibility index (Phi) is 10.6. The van der Waals surface area contributed by atoms with Gasteiger partial charge in [0.05, 0.1) is 5.52 Å². The lowest BCUT2D eigenvalue weighted by Gasteiger charge is -2.40. The molecule has 232 valence electrons. The van der Waals surface area contributed by atoms with Gasteiger partial charge >= 0.3 is 6.03 Å². The van der Waals surface area contributed by atoms with Crippen molar-refractivity contribution in [2.45, 2.75) is 56.9 Å². The Morgan fingerprint density at radius 3 is 2.52 bits per heavy atom. The molecule has 0 spiro atoms. The maximum absolute atomic E-state index is 13.3. The molecule has 2 N–H and O–H groups in total. The number of carbonyl (C=O) groups excluding carboxylic acids is 2. The number of aromatic nitrogens is 2. The van der Waals surface area contributed by atoms with Gasteiger partial charge in [0.2, 0.25) is 0 Å². The van der Waals surface area contributed by atoms with Crippen LogP contribution in [0.4, 0.5) is 10.6 Å². The number of amides is 2. The van der Waals surface area contributed by atoms with Crippen LogP contribution >= 0.6 is 0 Å². The summed E-state index contributed by atoms with van der Waals surface area (Å²) in [5, 5.41) is 11.6. The number of piperidine rings is 3. The predicted molar refractivity (Wildman–Crippen MR) is 168 cm³/mol. The SMILES string of the molecule is CNC(=O)N(CCC=O)c1nn(C)c2cc(C3CCN(CC4CCCN(S(=O)N5CCC(NC)CC5)C4)CC3)ccc12. The number of likely N-dealkylation sites (tertiary alicyclic amines) is 1. The summed E-state index contributed by atoms with van der Waals surface area (Å²) in [7, 11) is 5.52. The molecule has 5 rings (SSSR count). The first-order valence-corrected chi connectivity index (χ1v) is 16.7. The van der Waals surface area contributed by atoms with Crippen molar-refractivity contribution in [1.29, 1.82) is 0 Å². The minimum absolute atomic E-state index is 0.259. The Balaban J connectivity index is 1.16. The van der Waals surface area contributed by atoms with Crippen LogP contribution in [0.5, 0.6) is 0 Å². The number of urea groups is 1. The molecular weight excluding hydrogens is 552 g/mol. The first-order valence-electron chi connectivity index (χ1n) is 15.6. The van der Waals surface area contributed by atoms with E-state index in [0.29, 0.717) is 30.2 Å². The third kappa shape index (κ3) is 7.05. The van der Waals surface area contributed by atoms with E-state index >= 15 is 0 Å². The third-order valence-electron chi connectivity index (χ3n) is 9.40. The molecule has 3 saturated heterocycles. The lowest BCUT2D eigenvalue weighted by atomic mass is 9.88. The Labute approximate surface area is 252 Å². The number of benzene rings is 1. The first-order chi connectivity index (χ1) is 20.4. The highest BCUT2D eigenvalue weighted by molar-refractivity contribution is 7.80. The highest BCUT2D eigenvalue weighted by Crippen LogP contribution is 2.34. The summed E-state index contributed by atoms with van der Waals surface area (Å²) in [5.41, 5.74) is 2.31. The van der Waals surface area contributed by atoms with E-state index < -0.39 is 11.2 Å². The van der Waals surface area contributed by atoms with E-state index in [0.717, 1.165) is 95.1 Å². The summed E-state index contributed by atoms with van der Waals surface area (Å²) in [4.78, 5) is 27.7. The van der Waals surface area contributed by atoms with Crippen LogP contribution in [0.3, 0.4) is 0 Å². The van der Waals surface area contributed by atoms with Crippen LogP contribution in [0.25, 0.3) is 10.9 Å². The average Bonchev–Trinajstić information content (AvgIpc) is 3.36. The molecule has 2 atom stereocenters. The van der Waals surface area contributed by atoms with E-state index in [2.05, 4.69) is 47.4 Å². The van der Waals surface area contributed by atoms with Crippen LogP contribution in [0.15, 0.2) is 18.2 Å². The number of aryl methyl sites for hydroxylation is 1. The molecule has 1 aromatic carbocycles. The highest BCUT2D eigenvalue weighted by Gasteiger charge is 2.31. The maximum Gasteiger partial charge on any atom is 0.322 e. The third-order valence-corrected chi connectivity index (χ3v) is 11.0. The van der Waals surface area contributed by atoms with Crippen molar-refractivity contribution in [3.63, 3.8) is 0 Å². The highest BCUT2D eigenvalue weighted by atomic mass is 32.2. The van der Waals surface area contributed by atoms with Gasteiger partial charge in [0.15, 0.2) is 17.0 Å². The number of fused-ring (bicyclic) bond motifs is 1. The molecule has 0 bridgehead atoms. The van der Waals surface area contributed by atoms with Crippen molar-refractivity contribution in [2.75, 3.05) is 71.4 Å². The zero-order valence-electron chi connectivity index (χ0n) is 25.5. The number of carbonyl (C=O) groups is 2. The fraction of sp³-hybridized carbons (Fsp3) is 0.700. The number of anilines is 1. The van der Waals surface area contributed by atoms with Crippen LogP contribution < -0.4 is 15.5 Å². The number of hydrogen-bond acceptors (Lipinski definition) is 6. The quantitative estimate of drug-likeness (QED) is 0.406. The second kappa shape index (κ2) is 14.4. The molecule has 12 heteroatoms. The molecule has 2 unspecified atom stereocenters. The van der Waals surface area contributed by atoms with Crippen LogP contribution in [0, 0.1) is 5.92 Å². The van der Waals surface area contributed by atoms with Crippen LogP contribution in [0.1, 0.15) is 56.4 Å². The summed E-state index contributed by atoms with van der Waals surface area (Å²) in [6.45, 7) is 7.21. The normalized spacial score (nSPS) is 22.8. The van der Waals surface area contributed by atoms with Gasteiger partial charge in [-0.15, -0.1) is 0 Å². The van der Waals surface area contributed by atoms with Gasteiger partial charge in [-0.3, -0.25) is 9.58 Å². The average molecular weight is 601 g/mol. The van der Waals surface area contributed by atoms with Gasteiger partial charge in [0.1, 0.15) is 6.29 Å². The molecule has 3 fully saturated rings. The molecule has 4 heterocycles. The first kappa shape index (κ1) is 31.1.